The van der Waals surface area contributed by atoms with E-state index in [1.165, 1.54) is 0 Å². The van der Waals surface area contributed by atoms with Crippen molar-refractivity contribution in [2.75, 3.05) is 12.9 Å². The molecule has 17 heavy (non-hydrogen) atoms. The highest BCUT2D eigenvalue weighted by Crippen LogP contribution is 2.32. The maximum atomic E-state index is 11.0. The number of methoxy groups -OCH3 is 1. The first-order chi connectivity index (χ1) is 7.76. The molecule has 0 aromatic heterocycles. The number of hydrogen-bond donors (Lipinski definition) is 0. The zero-order valence-corrected chi connectivity index (χ0v) is 12.2. The topological polar surface area (TPSA) is 43.4 Å². The van der Waals surface area contributed by atoms with Crippen LogP contribution in [0.4, 0.5) is 0 Å². The summed E-state index contributed by atoms with van der Waals surface area (Å²) in [5.74, 6) is 0.509. The van der Waals surface area contributed by atoms with Gasteiger partial charge < -0.3 is 4.74 Å². The van der Waals surface area contributed by atoms with Gasteiger partial charge in [0.05, 0.1) is 12.9 Å². The summed E-state index contributed by atoms with van der Waals surface area (Å²) in [5.41, 5.74) is 2.52. The molecule has 0 saturated carbocycles. The van der Waals surface area contributed by atoms with Gasteiger partial charge in [0.1, 0.15) is 5.75 Å². The highest BCUT2D eigenvalue weighted by Gasteiger charge is 2.15. The van der Waals surface area contributed by atoms with Gasteiger partial charge >= 0.3 is 0 Å². The van der Waals surface area contributed by atoms with Crippen molar-refractivity contribution in [1.82, 2.24) is 0 Å². The van der Waals surface area contributed by atoms with E-state index in [4.69, 9.17) is 27.0 Å². The summed E-state index contributed by atoms with van der Waals surface area (Å²) in [4.78, 5) is 0. The molecule has 0 spiro atoms. The number of aryl methyl sites for hydroxylation is 1. The maximum Gasteiger partial charge on any atom is 0.232 e. The number of halogens is 2. The molecular formula is C11H14Cl2O3S. The largest absolute Gasteiger partial charge is 0.496 e. The molecule has 6 heteroatoms. The van der Waals surface area contributed by atoms with Crippen LogP contribution in [0, 0.1) is 13.8 Å². The average molecular weight is 297 g/mol. The first-order valence-electron chi connectivity index (χ1n) is 5.01. The number of ether oxygens (including phenoxy) is 1. The van der Waals surface area contributed by atoms with Gasteiger partial charge in [-0.05, 0) is 43.0 Å². The Kier molecular flexibility index (Phi) is 4.69. The van der Waals surface area contributed by atoms with Gasteiger partial charge in [-0.15, -0.1) is 0 Å². The van der Waals surface area contributed by atoms with Crippen molar-refractivity contribution in [3.05, 3.63) is 27.8 Å². The third-order valence-electron chi connectivity index (χ3n) is 2.59. The van der Waals surface area contributed by atoms with E-state index in [9.17, 15) is 8.42 Å². The molecule has 0 bridgehead atoms. The molecule has 0 fully saturated rings. The monoisotopic (exact) mass is 296 g/mol. The van der Waals surface area contributed by atoms with Crippen molar-refractivity contribution in [2.45, 2.75) is 20.3 Å². The van der Waals surface area contributed by atoms with Crippen LogP contribution in [-0.4, -0.2) is 21.3 Å². The Labute approximate surface area is 111 Å². The minimum absolute atomic E-state index is 0.134. The van der Waals surface area contributed by atoms with Gasteiger partial charge in [0.25, 0.3) is 0 Å². The lowest BCUT2D eigenvalue weighted by Crippen LogP contribution is -2.05. The van der Waals surface area contributed by atoms with Crippen LogP contribution in [0.2, 0.25) is 5.02 Å². The molecule has 0 aliphatic rings. The molecule has 0 N–H and O–H groups in total. The zero-order chi connectivity index (χ0) is 13.2. The van der Waals surface area contributed by atoms with Crippen molar-refractivity contribution in [1.29, 1.82) is 0 Å². The Bertz CT molecular complexity index is 524. The van der Waals surface area contributed by atoms with E-state index in [1.54, 1.807) is 13.2 Å². The summed E-state index contributed by atoms with van der Waals surface area (Å²) in [5, 5.41) is 0.632. The molecule has 0 radical (unpaired) electrons. The average Bonchev–Trinajstić information content (AvgIpc) is 2.22. The number of benzene rings is 1. The Morgan fingerprint density at radius 1 is 1.35 bits per heavy atom. The molecule has 1 aromatic rings. The van der Waals surface area contributed by atoms with Crippen molar-refractivity contribution < 1.29 is 13.2 Å². The highest BCUT2D eigenvalue weighted by molar-refractivity contribution is 8.13. The summed E-state index contributed by atoms with van der Waals surface area (Å²) >= 11 is 6.12. The third-order valence-corrected chi connectivity index (χ3v) is 4.33. The van der Waals surface area contributed by atoms with Gasteiger partial charge in [0.15, 0.2) is 0 Å². The molecule has 0 aliphatic heterocycles. The van der Waals surface area contributed by atoms with Gasteiger partial charge in [-0.3, -0.25) is 0 Å². The van der Waals surface area contributed by atoms with Crippen molar-refractivity contribution in [3.63, 3.8) is 0 Å². The third kappa shape index (κ3) is 3.76. The maximum absolute atomic E-state index is 11.0. The van der Waals surface area contributed by atoms with Crippen LogP contribution in [0.15, 0.2) is 6.07 Å². The molecule has 0 saturated heterocycles. The Balaban J connectivity index is 3.17. The van der Waals surface area contributed by atoms with Crippen LogP contribution in [-0.2, 0) is 15.5 Å². The minimum Gasteiger partial charge on any atom is -0.496 e. The van der Waals surface area contributed by atoms with Crippen LogP contribution in [0.3, 0.4) is 0 Å². The van der Waals surface area contributed by atoms with Gasteiger partial charge in [0, 0.05) is 15.7 Å². The fourth-order valence-electron chi connectivity index (χ4n) is 1.68. The van der Waals surface area contributed by atoms with E-state index in [0.717, 1.165) is 16.7 Å². The highest BCUT2D eigenvalue weighted by atomic mass is 35.7. The van der Waals surface area contributed by atoms with Crippen LogP contribution >= 0.6 is 22.3 Å². The first kappa shape index (κ1) is 14.6. The Morgan fingerprint density at radius 2 is 1.94 bits per heavy atom. The standard InChI is InChI=1S/C11H14Cl2O3S/c1-7-6-10(16-3)9(8(2)11(7)12)4-5-17(13,14)15/h6H,4-5H2,1-3H3. The van der Waals surface area contributed by atoms with E-state index < -0.39 is 9.05 Å². The van der Waals surface area contributed by atoms with E-state index in [2.05, 4.69) is 0 Å². The van der Waals surface area contributed by atoms with Crippen molar-refractivity contribution in [3.8, 4) is 5.75 Å². The molecule has 1 rings (SSSR count). The molecule has 3 nitrogen and oxygen atoms in total. The molecule has 0 atom stereocenters. The second kappa shape index (κ2) is 5.46. The fourth-order valence-corrected chi connectivity index (χ4v) is 2.52. The summed E-state index contributed by atoms with van der Waals surface area (Å²) in [6.07, 6.45) is 0.292. The molecule has 0 aliphatic carbocycles. The van der Waals surface area contributed by atoms with Crippen LogP contribution in [0.5, 0.6) is 5.75 Å². The summed E-state index contributed by atoms with van der Waals surface area (Å²) in [6, 6.07) is 1.80. The quantitative estimate of drug-likeness (QED) is 0.802. The summed E-state index contributed by atoms with van der Waals surface area (Å²) in [7, 11) is 3.23. The van der Waals surface area contributed by atoms with Gasteiger partial charge in [-0.2, -0.15) is 0 Å². The van der Waals surface area contributed by atoms with E-state index in [0.29, 0.717) is 17.2 Å². The number of rotatable bonds is 4. The lowest BCUT2D eigenvalue weighted by Gasteiger charge is -2.14. The summed E-state index contributed by atoms with van der Waals surface area (Å²) in [6.45, 7) is 3.72. The molecule has 1 aromatic carbocycles. The zero-order valence-electron chi connectivity index (χ0n) is 9.88. The minimum atomic E-state index is -3.51. The van der Waals surface area contributed by atoms with E-state index in [-0.39, 0.29) is 5.75 Å². The molecular weight excluding hydrogens is 283 g/mol. The Hall–Kier alpha value is -0.450. The van der Waals surface area contributed by atoms with Crippen LogP contribution in [0.1, 0.15) is 16.7 Å². The molecule has 0 heterocycles. The van der Waals surface area contributed by atoms with Gasteiger partial charge in [-0.25, -0.2) is 8.42 Å². The van der Waals surface area contributed by atoms with Crippen LogP contribution in [0.25, 0.3) is 0 Å². The van der Waals surface area contributed by atoms with Gasteiger partial charge in [-0.1, -0.05) is 11.6 Å². The van der Waals surface area contributed by atoms with Crippen molar-refractivity contribution in [2.24, 2.45) is 0 Å². The molecule has 0 unspecified atom stereocenters. The van der Waals surface area contributed by atoms with Crippen molar-refractivity contribution >= 4 is 31.3 Å². The second-order valence-electron chi connectivity index (χ2n) is 3.81. The summed E-state index contributed by atoms with van der Waals surface area (Å²) < 4.78 is 27.1. The smallest absolute Gasteiger partial charge is 0.232 e. The second-order valence-corrected chi connectivity index (χ2v) is 7.08. The number of hydrogen-bond acceptors (Lipinski definition) is 3. The van der Waals surface area contributed by atoms with Gasteiger partial charge in [0.2, 0.25) is 9.05 Å². The normalized spacial score (nSPS) is 11.6. The predicted octanol–water partition coefficient (Wildman–Crippen LogP) is 3.08. The molecule has 0 amide bonds. The van der Waals surface area contributed by atoms with Crippen LogP contribution < -0.4 is 4.74 Å². The Morgan fingerprint density at radius 3 is 2.41 bits per heavy atom. The lowest BCUT2D eigenvalue weighted by atomic mass is 10.0. The first-order valence-corrected chi connectivity index (χ1v) is 7.86. The van der Waals surface area contributed by atoms with E-state index >= 15 is 0 Å². The SMILES string of the molecule is COc1cc(C)c(Cl)c(C)c1CCS(=O)(=O)Cl. The lowest BCUT2D eigenvalue weighted by molar-refractivity contribution is 0.409. The fraction of sp³-hybridized carbons (Fsp3) is 0.455. The van der Waals surface area contributed by atoms with E-state index in [1.807, 2.05) is 13.8 Å². The predicted molar refractivity (Wildman–Crippen MR) is 70.8 cm³/mol. The molecule has 96 valence electrons.